The van der Waals surface area contributed by atoms with Gasteiger partial charge in [0.2, 0.25) is 0 Å². The van der Waals surface area contributed by atoms with Crippen molar-refractivity contribution in [1.29, 1.82) is 0 Å². The summed E-state index contributed by atoms with van der Waals surface area (Å²) in [5, 5.41) is 0. The van der Waals surface area contributed by atoms with Crippen LogP contribution in [0, 0.1) is 11.8 Å². The minimum absolute atomic E-state index is 0.0828. The molecule has 5 heteroatoms. The summed E-state index contributed by atoms with van der Waals surface area (Å²) in [6.07, 6.45) is 8.31. The van der Waals surface area contributed by atoms with E-state index in [1.807, 2.05) is 30.3 Å². The first-order valence-corrected chi connectivity index (χ1v) is 12.4. The second-order valence-corrected chi connectivity index (χ2v) is 8.72. The first kappa shape index (κ1) is 28.2. The van der Waals surface area contributed by atoms with E-state index in [4.69, 9.17) is 14.2 Å². The first-order valence-electron chi connectivity index (χ1n) is 12.4. The lowest BCUT2D eigenvalue weighted by molar-refractivity contribution is -0.189. The molecule has 5 nitrogen and oxygen atoms in total. The minimum Gasteiger partial charge on any atom is -0.463 e. The van der Waals surface area contributed by atoms with Crippen LogP contribution in [0.15, 0.2) is 30.3 Å². The number of carbonyl (C=O) groups excluding carboxylic acids is 2. The third-order valence-electron chi connectivity index (χ3n) is 6.29. The highest BCUT2D eigenvalue weighted by Gasteiger charge is 2.50. The Morgan fingerprint density at radius 1 is 0.812 bits per heavy atom. The van der Waals surface area contributed by atoms with Crippen molar-refractivity contribution in [3.8, 4) is 0 Å². The van der Waals surface area contributed by atoms with Crippen molar-refractivity contribution >= 4 is 11.9 Å². The molecule has 0 spiro atoms. The van der Waals surface area contributed by atoms with E-state index in [0.717, 1.165) is 56.9 Å². The molecule has 1 aromatic carbocycles. The normalized spacial score (nSPS) is 14.9. The molecule has 0 aliphatic heterocycles. The van der Waals surface area contributed by atoms with Crippen molar-refractivity contribution in [2.45, 2.75) is 91.1 Å². The SMILES string of the molecule is CCCCC(CC)COC(=O)C(Cc1ccccc1)(OC)C(=O)OCC(CC)CCCC. The monoisotopic (exact) mass is 448 g/mol. The lowest BCUT2D eigenvalue weighted by atomic mass is 9.93. The van der Waals surface area contributed by atoms with Crippen LogP contribution in [0.1, 0.15) is 84.6 Å². The average Bonchev–Trinajstić information content (AvgIpc) is 2.83. The Morgan fingerprint density at radius 2 is 1.28 bits per heavy atom. The molecule has 32 heavy (non-hydrogen) atoms. The van der Waals surface area contributed by atoms with Crippen molar-refractivity contribution in [3.05, 3.63) is 35.9 Å². The van der Waals surface area contributed by atoms with Crippen LogP contribution < -0.4 is 0 Å². The molecule has 2 atom stereocenters. The van der Waals surface area contributed by atoms with E-state index < -0.39 is 17.5 Å². The van der Waals surface area contributed by atoms with Gasteiger partial charge in [0, 0.05) is 13.5 Å². The summed E-state index contributed by atoms with van der Waals surface area (Å²) in [5.74, 6) is -0.768. The predicted octanol–water partition coefficient (Wildman–Crippen LogP) is 6.13. The van der Waals surface area contributed by atoms with Gasteiger partial charge >= 0.3 is 11.9 Å². The number of carbonyl (C=O) groups is 2. The first-order chi connectivity index (χ1) is 15.5. The Labute approximate surface area is 195 Å². The number of benzene rings is 1. The molecular weight excluding hydrogens is 404 g/mol. The highest BCUT2D eigenvalue weighted by atomic mass is 16.6. The van der Waals surface area contributed by atoms with Crippen LogP contribution in [0.2, 0.25) is 0 Å². The van der Waals surface area contributed by atoms with Gasteiger partial charge in [-0.1, -0.05) is 96.6 Å². The second kappa shape index (κ2) is 15.8. The Kier molecular flexibility index (Phi) is 13.9. The lowest BCUT2D eigenvalue weighted by Gasteiger charge is -2.29. The van der Waals surface area contributed by atoms with Crippen LogP contribution >= 0.6 is 0 Å². The van der Waals surface area contributed by atoms with Crippen LogP contribution in [0.25, 0.3) is 0 Å². The summed E-state index contributed by atoms with van der Waals surface area (Å²) in [4.78, 5) is 26.5. The standard InChI is InChI=1S/C27H44O5/c1-6-10-15-22(8-3)20-31-25(28)27(30-5,19-24-17-13-12-14-18-24)26(29)32-21-23(9-4)16-11-7-2/h12-14,17-18,22-23H,6-11,15-16,19-21H2,1-5H3. The van der Waals surface area contributed by atoms with Crippen LogP contribution in [0.4, 0.5) is 0 Å². The molecule has 0 saturated carbocycles. The quantitative estimate of drug-likeness (QED) is 0.212. The number of unbranched alkanes of at least 4 members (excludes halogenated alkanes) is 2. The van der Waals surface area contributed by atoms with Crippen LogP contribution in [-0.2, 0) is 30.2 Å². The molecule has 1 aromatic rings. The number of methoxy groups -OCH3 is 1. The van der Waals surface area contributed by atoms with Crippen LogP contribution in [0.3, 0.4) is 0 Å². The van der Waals surface area contributed by atoms with Crippen molar-refractivity contribution in [3.63, 3.8) is 0 Å². The minimum atomic E-state index is -1.80. The smallest absolute Gasteiger partial charge is 0.350 e. The molecule has 0 bridgehead atoms. The fourth-order valence-corrected chi connectivity index (χ4v) is 3.77. The lowest BCUT2D eigenvalue weighted by Crippen LogP contribution is -2.53. The number of hydrogen-bond donors (Lipinski definition) is 0. The zero-order valence-electron chi connectivity index (χ0n) is 20.9. The summed E-state index contributed by atoms with van der Waals surface area (Å²) < 4.78 is 17.0. The summed E-state index contributed by atoms with van der Waals surface area (Å²) in [7, 11) is 1.38. The summed E-state index contributed by atoms with van der Waals surface area (Å²) in [6, 6.07) is 9.40. The molecule has 0 heterocycles. The molecule has 0 aliphatic carbocycles. The Bertz CT molecular complexity index is 611. The van der Waals surface area contributed by atoms with Gasteiger partial charge < -0.3 is 14.2 Å². The number of rotatable bonds is 17. The van der Waals surface area contributed by atoms with E-state index in [-0.39, 0.29) is 31.5 Å². The van der Waals surface area contributed by atoms with Gasteiger partial charge in [-0.2, -0.15) is 0 Å². The van der Waals surface area contributed by atoms with Crippen molar-refractivity contribution in [2.24, 2.45) is 11.8 Å². The van der Waals surface area contributed by atoms with Crippen molar-refractivity contribution in [2.75, 3.05) is 20.3 Å². The molecule has 0 saturated heterocycles. The van der Waals surface area contributed by atoms with Gasteiger partial charge in [-0.15, -0.1) is 0 Å². The van der Waals surface area contributed by atoms with E-state index in [0.29, 0.717) is 0 Å². The predicted molar refractivity (Wildman–Crippen MR) is 128 cm³/mol. The largest absolute Gasteiger partial charge is 0.463 e. The van der Waals surface area contributed by atoms with E-state index in [1.54, 1.807) is 0 Å². The van der Waals surface area contributed by atoms with Crippen LogP contribution in [-0.4, -0.2) is 37.9 Å². The van der Waals surface area contributed by atoms with Gasteiger partial charge in [-0.25, -0.2) is 9.59 Å². The van der Waals surface area contributed by atoms with E-state index >= 15 is 0 Å². The molecule has 0 aliphatic rings. The van der Waals surface area contributed by atoms with E-state index in [1.165, 1.54) is 7.11 Å². The van der Waals surface area contributed by atoms with Gasteiger partial charge in [-0.3, -0.25) is 0 Å². The molecule has 0 N–H and O–H groups in total. The zero-order chi connectivity index (χ0) is 23.8. The molecular formula is C27H44O5. The Morgan fingerprint density at radius 3 is 1.66 bits per heavy atom. The Balaban J connectivity index is 3.00. The van der Waals surface area contributed by atoms with Gasteiger partial charge in [0.05, 0.1) is 13.2 Å². The number of esters is 2. The highest BCUT2D eigenvalue weighted by molar-refractivity contribution is 6.04. The molecule has 0 aromatic heterocycles. The summed E-state index contributed by atoms with van der Waals surface area (Å²) in [6.45, 7) is 9.06. The number of hydrogen-bond acceptors (Lipinski definition) is 5. The van der Waals surface area contributed by atoms with Crippen molar-refractivity contribution in [1.82, 2.24) is 0 Å². The molecule has 0 radical (unpaired) electrons. The van der Waals surface area contributed by atoms with E-state index in [2.05, 4.69) is 27.7 Å². The Hall–Kier alpha value is -1.88. The maximum Gasteiger partial charge on any atom is 0.350 e. The van der Waals surface area contributed by atoms with Crippen molar-refractivity contribution < 1.29 is 23.8 Å². The third kappa shape index (κ3) is 8.93. The average molecular weight is 449 g/mol. The van der Waals surface area contributed by atoms with Gasteiger partial charge in [0.1, 0.15) is 0 Å². The molecule has 1 rings (SSSR count). The summed E-state index contributed by atoms with van der Waals surface area (Å²) >= 11 is 0. The maximum atomic E-state index is 13.3. The molecule has 0 amide bonds. The highest BCUT2D eigenvalue weighted by Crippen LogP contribution is 2.24. The number of ether oxygens (including phenoxy) is 3. The zero-order valence-corrected chi connectivity index (χ0v) is 20.9. The third-order valence-corrected chi connectivity index (χ3v) is 6.29. The van der Waals surface area contributed by atoms with Gasteiger partial charge in [0.15, 0.2) is 0 Å². The summed E-state index contributed by atoms with van der Waals surface area (Å²) in [5.41, 5.74) is -0.979. The van der Waals surface area contributed by atoms with Gasteiger partial charge in [-0.05, 0) is 30.2 Å². The maximum absolute atomic E-state index is 13.3. The van der Waals surface area contributed by atoms with Crippen LogP contribution in [0.5, 0.6) is 0 Å². The molecule has 0 fully saturated rings. The van der Waals surface area contributed by atoms with Gasteiger partial charge in [0.25, 0.3) is 5.60 Å². The second-order valence-electron chi connectivity index (χ2n) is 8.72. The fraction of sp³-hybridized carbons (Fsp3) is 0.704. The molecule has 2 unspecified atom stereocenters. The van der Waals surface area contributed by atoms with E-state index in [9.17, 15) is 9.59 Å². The topological polar surface area (TPSA) is 61.8 Å². The fourth-order valence-electron chi connectivity index (χ4n) is 3.77. The molecule has 182 valence electrons.